The van der Waals surface area contributed by atoms with E-state index in [0.717, 1.165) is 51.1 Å². The van der Waals surface area contributed by atoms with Gasteiger partial charge in [0.1, 0.15) is 12.4 Å². The zero-order chi connectivity index (χ0) is 16.3. The van der Waals surface area contributed by atoms with E-state index in [1.165, 1.54) is 5.56 Å². The average molecular weight is 319 g/mol. The van der Waals surface area contributed by atoms with Gasteiger partial charge in [-0.05, 0) is 48.8 Å². The molecule has 0 saturated carbocycles. The number of amides is 1. The summed E-state index contributed by atoms with van der Waals surface area (Å²) in [7, 11) is 1.68. The molecule has 5 heteroatoms. The van der Waals surface area contributed by atoms with Crippen molar-refractivity contribution >= 4 is 5.91 Å². The second-order valence-corrected chi connectivity index (χ2v) is 6.73. The Bertz CT molecular complexity index is 552. The van der Waals surface area contributed by atoms with Gasteiger partial charge in [-0.2, -0.15) is 0 Å². The maximum absolute atomic E-state index is 11.6. The minimum Gasteiger partial charge on any atom is -0.497 e. The van der Waals surface area contributed by atoms with E-state index in [9.17, 15) is 4.79 Å². The Morgan fingerprint density at radius 1 is 1.43 bits per heavy atom. The number of likely N-dealkylation sites (tertiary alicyclic amines) is 1. The molecule has 2 aliphatic heterocycles. The molecule has 1 unspecified atom stereocenters. The van der Waals surface area contributed by atoms with E-state index >= 15 is 0 Å². The number of aliphatic hydroxyl groups is 1. The summed E-state index contributed by atoms with van der Waals surface area (Å²) in [6.45, 7) is 1.86. The van der Waals surface area contributed by atoms with Crippen LogP contribution in [0.5, 0.6) is 5.75 Å². The molecule has 2 saturated heterocycles. The van der Waals surface area contributed by atoms with Gasteiger partial charge in [0.2, 0.25) is 5.91 Å². The number of hydrogen-bond donors (Lipinski definition) is 1. The van der Waals surface area contributed by atoms with Crippen LogP contribution in [0.2, 0.25) is 0 Å². The van der Waals surface area contributed by atoms with Crippen molar-refractivity contribution < 1.29 is 19.4 Å². The highest BCUT2D eigenvalue weighted by molar-refractivity contribution is 5.77. The molecule has 126 valence electrons. The summed E-state index contributed by atoms with van der Waals surface area (Å²) >= 11 is 0. The van der Waals surface area contributed by atoms with Crippen LogP contribution in [0.3, 0.4) is 0 Å². The van der Waals surface area contributed by atoms with Crippen molar-refractivity contribution in [1.82, 2.24) is 4.90 Å². The number of carbonyl (C=O) groups excluding carboxylic acids is 1. The first-order valence-corrected chi connectivity index (χ1v) is 8.27. The van der Waals surface area contributed by atoms with Gasteiger partial charge in [-0.1, -0.05) is 12.1 Å². The van der Waals surface area contributed by atoms with E-state index in [1.54, 1.807) is 12.0 Å². The van der Waals surface area contributed by atoms with Crippen LogP contribution in [0.1, 0.15) is 24.8 Å². The molecule has 1 atom stereocenters. The summed E-state index contributed by atoms with van der Waals surface area (Å²) in [5.41, 5.74) is 1.44. The van der Waals surface area contributed by atoms with Crippen molar-refractivity contribution in [2.45, 2.75) is 31.8 Å². The molecule has 0 radical (unpaired) electrons. The summed E-state index contributed by atoms with van der Waals surface area (Å²) in [4.78, 5) is 13.3. The largest absolute Gasteiger partial charge is 0.497 e. The monoisotopic (exact) mass is 319 g/mol. The zero-order valence-electron chi connectivity index (χ0n) is 13.7. The predicted molar refractivity (Wildman–Crippen MR) is 86.4 cm³/mol. The quantitative estimate of drug-likeness (QED) is 0.916. The van der Waals surface area contributed by atoms with E-state index in [0.29, 0.717) is 0 Å². The molecule has 1 spiro atoms. The Labute approximate surface area is 137 Å². The zero-order valence-corrected chi connectivity index (χ0v) is 13.7. The second kappa shape index (κ2) is 6.89. The number of rotatable bonds is 4. The molecular weight excluding hydrogens is 294 g/mol. The fraction of sp³-hybridized carbons (Fsp3) is 0.611. The first kappa shape index (κ1) is 16.3. The average Bonchev–Trinajstić information content (AvgIpc) is 2.97. The van der Waals surface area contributed by atoms with Crippen LogP contribution >= 0.6 is 0 Å². The number of aliphatic hydroxyl groups excluding tert-OH is 1. The predicted octanol–water partition coefficient (Wildman–Crippen LogP) is 1.63. The first-order chi connectivity index (χ1) is 11.1. The number of hydrogen-bond acceptors (Lipinski definition) is 4. The molecule has 2 fully saturated rings. The van der Waals surface area contributed by atoms with Crippen molar-refractivity contribution in [2.24, 2.45) is 5.41 Å². The molecule has 23 heavy (non-hydrogen) atoms. The van der Waals surface area contributed by atoms with E-state index in [4.69, 9.17) is 14.6 Å². The Kier molecular flexibility index (Phi) is 4.87. The molecule has 1 aromatic rings. The van der Waals surface area contributed by atoms with E-state index in [1.807, 2.05) is 12.1 Å². The Balaban J connectivity index is 1.55. The summed E-state index contributed by atoms with van der Waals surface area (Å²) in [5, 5.41) is 8.97. The van der Waals surface area contributed by atoms with Gasteiger partial charge in [0, 0.05) is 13.1 Å². The lowest BCUT2D eigenvalue weighted by Crippen LogP contribution is -2.44. The van der Waals surface area contributed by atoms with Gasteiger partial charge in [0.25, 0.3) is 0 Å². The van der Waals surface area contributed by atoms with Gasteiger partial charge in [-0.25, -0.2) is 0 Å². The lowest BCUT2D eigenvalue weighted by atomic mass is 9.76. The van der Waals surface area contributed by atoms with Gasteiger partial charge in [-0.3, -0.25) is 4.79 Å². The molecular formula is C18H25NO4. The minimum atomic E-state index is -0.387. The van der Waals surface area contributed by atoms with Crippen LogP contribution in [0, 0.1) is 5.41 Å². The number of nitrogens with zero attached hydrogens (tertiary/aromatic N) is 1. The van der Waals surface area contributed by atoms with E-state index < -0.39 is 0 Å². The van der Waals surface area contributed by atoms with Gasteiger partial charge < -0.3 is 19.5 Å². The first-order valence-electron chi connectivity index (χ1n) is 8.27. The topological polar surface area (TPSA) is 59.0 Å². The van der Waals surface area contributed by atoms with Gasteiger partial charge in [0.15, 0.2) is 0 Å². The molecule has 0 bridgehead atoms. The second-order valence-electron chi connectivity index (χ2n) is 6.73. The third-order valence-corrected chi connectivity index (χ3v) is 5.20. The third kappa shape index (κ3) is 3.67. The molecule has 1 aromatic carbocycles. The fourth-order valence-corrected chi connectivity index (χ4v) is 3.77. The molecule has 2 aliphatic rings. The smallest absolute Gasteiger partial charge is 0.248 e. The van der Waals surface area contributed by atoms with Crippen LogP contribution in [0.15, 0.2) is 24.3 Å². The highest BCUT2D eigenvalue weighted by atomic mass is 16.5. The number of piperidine rings is 1. The van der Waals surface area contributed by atoms with Crippen LogP contribution < -0.4 is 4.74 Å². The van der Waals surface area contributed by atoms with Crippen molar-refractivity contribution in [1.29, 1.82) is 0 Å². The lowest BCUT2D eigenvalue weighted by molar-refractivity contribution is -0.136. The van der Waals surface area contributed by atoms with Gasteiger partial charge in [-0.15, -0.1) is 0 Å². The lowest BCUT2D eigenvalue weighted by Gasteiger charge is -2.38. The molecule has 2 heterocycles. The third-order valence-electron chi connectivity index (χ3n) is 5.20. The van der Waals surface area contributed by atoms with E-state index in [2.05, 4.69) is 12.1 Å². The molecule has 3 rings (SSSR count). The van der Waals surface area contributed by atoms with Crippen molar-refractivity contribution in [2.75, 3.05) is 33.4 Å². The van der Waals surface area contributed by atoms with Crippen molar-refractivity contribution in [3.63, 3.8) is 0 Å². The highest BCUT2D eigenvalue weighted by Gasteiger charge is 2.42. The van der Waals surface area contributed by atoms with Crippen LogP contribution in [-0.4, -0.2) is 55.4 Å². The summed E-state index contributed by atoms with van der Waals surface area (Å²) in [6, 6.07) is 8.14. The van der Waals surface area contributed by atoms with Crippen LogP contribution in [-0.2, 0) is 16.0 Å². The number of benzene rings is 1. The van der Waals surface area contributed by atoms with Gasteiger partial charge >= 0.3 is 0 Å². The summed E-state index contributed by atoms with van der Waals surface area (Å²) in [6.07, 6.45) is 4.12. The maximum Gasteiger partial charge on any atom is 0.248 e. The Morgan fingerprint density at radius 2 is 2.22 bits per heavy atom. The maximum atomic E-state index is 11.6. The number of carbonyl (C=O) groups is 1. The molecule has 1 amide bonds. The summed E-state index contributed by atoms with van der Waals surface area (Å²) < 4.78 is 11.3. The number of ether oxygens (including phenoxy) is 2. The Morgan fingerprint density at radius 3 is 2.91 bits per heavy atom. The highest BCUT2D eigenvalue weighted by Crippen LogP contribution is 2.42. The SMILES string of the molecule is COc1cccc(CC2CC3(CCN(C(=O)CO)CC3)CO2)c1. The van der Waals surface area contributed by atoms with E-state index in [-0.39, 0.29) is 24.0 Å². The summed E-state index contributed by atoms with van der Waals surface area (Å²) in [5.74, 6) is 0.720. The molecule has 5 nitrogen and oxygen atoms in total. The van der Waals surface area contributed by atoms with Crippen LogP contribution in [0.4, 0.5) is 0 Å². The van der Waals surface area contributed by atoms with Crippen molar-refractivity contribution in [3.05, 3.63) is 29.8 Å². The molecule has 0 aromatic heterocycles. The standard InChI is InChI=1S/C18H25NO4/c1-22-15-4-2-3-14(9-15)10-16-11-18(13-23-16)5-7-19(8-6-18)17(21)12-20/h2-4,9,16,20H,5-8,10-13H2,1H3. The molecule has 1 N–H and O–H groups in total. The minimum absolute atomic E-state index is 0.160. The molecule has 0 aliphatic carbocycles. The van der Waals surface area contributed by atoms with Crippen LogP contribution in [0.25, 0.3) is 0 Å². The van der Waals surface area contributed by atoms with Crippen molar-refractivity contribution in [3.8, 4) is 5.75 Å². The van der Waals surface area contributed by atoms with Gasteiger partial charge in [0.05, 0.1) is 19.8 Å². The normalized spacial score (nSPS) is 23.2. The number of methoxy groups -OCH3 is 1. The fourth-order valence-electron chi connectivity index (χ4n) is 3.77. The Hall–Kier alpha value is -1.59.